The summed E-state index contributed by atoms with van der Waals surface area (Å²) in [5.41, 5.74) is 0.779. The van der Waals surface area contributed by atoms with Crippen LogP contribution < -0.4 is 5.32 Å². The topological polar surface area (TPSA) is 92.7 Å². The number of carbonyl (C=O) groups is 3. The van der Waals surface area contributed by atoms with Crippen LogP contribution in [-0.4, -0.2) is 29.6 Å². The van der Waals surface area contributed by atoms with Crippen LogP contribution in [0.15, 0.2) is 24.3 Å². The van der Waals surface area contributed by atoms with Crippen LogP contribution in [0, 0.1) is 0 Å². The average molecular weight is 279 g/mol. The molecule has 108 valence electrons. The number of benzene rings is 1. The molecule has 1 aromatic rings. The number of nitrogens with one attached hydrogen (secondary N) is 1. The summed E-state index contributed by atoms with van der Waals surface area (Å²) in [4.78, 5) is 33.5. The van der Waals surface area contributed by atoms with Crippen molar-refractivity contribution < 1.29 is 24.2 Å². The molecule has 0 unspecified atom stereocenters. The van der Waals surface area contributed by atoms with Gasteiger partial charge in [-0.15, -0.1) is 0 Å². The molecule has 0 fully saturated rings. The number of ether oxygens (including phenoxy) is 1. The van der Waals surface area contributed by atoms with Gasteiger partial charge in [-0.3, -0.25) is 9.59 Å². The third-order valence-corrected chi connectivity index (χ3v) is 2.39. The van der Waals surface area contributed by atoms with Gasteiger partial charge in [0.2, 0.25) is 5.91 Å². The summed E-state index contributed by atoms with van der Waals surface area (Å²) < 4.78 is 4.99. The highest BCUT2D eigenvalue weighted by molar-refractivity contribution is 5.95. The molecule has 0 aliphatic rings. The minimum atomic E-state index is -1.03. The standard InChI is InChI=1S/C14H17NO5/c1-2-8-20-14(19)10-4-3-5-11(9-10)15-12(16)6-7-13(17)18/h3-5,9H,2,6-8H2,1H3,(H,15,16)(H,17,18). The van der Waals surface area contributed by atoms with Crippen molar-refractivity contribution in [2.24, 2.45) is 0 Å². The largest absolute Gasteiger partial charge is 0.481 e. The molecular weight excluding hydrogens is 262 g/mol. The van der Waals surface area contributed by atoms with E-state index in [-0.39, 0.29) is 12.8 Å². The lowest BCUT2D eigenvalue weighted by atomic mass is 10.2. The molecule has 20 heavy (non-hydrogen) atoms. The van der Waals surface area contributed by atoms with Crippen LogP contribution in [0.25, 0.3) is 0 Å². The van der Waals surface area contributed by atoms with Crippen LogP contribution in [0.2, 0.25) is 0 Å². The van der Waals surface area contributed by atoms with Crippen molar-refractivity contribution >= 4 is 23.5 Å². The fourth-order valence-electron chi connectivity index (χ4n) is 1.45. The van der Waals surface area contributed by atoms with Crippen LogP contribution in [0.4, 0.5) is 5.69 Å². The Bertz CT molecular complexity index is 498. The molecule has 0 spiro atoms. The molecular formula is C14H17NO5. The molecule has 2 N–H and O–H groups in total. The van der Waals surface area contributed by atoms with E-state index in [1.165, 1.54) is 6.07 Å². The van der Waals surface area contributed by atoms with Gasteiger partial charge in [-0.2, -0.15) is 0 Å². The number of aliphatic carboxylic acids is 1. The van der Waals surface area contributed by atoms with Gasteiger partial charge in [0.1, 0.15) is 0 Å². The summed E-state index contributed by atoms with van der Waals surface area (Å²) in [6.45, 7) is 2.24. The summed E-state index contributed by atoms with van der Waals surface area (Å²) in [6, 6.07) is 6.33. The Balaban J connectivity index is 2.61. The molecule has 1 aromatic carbocycles. The molecule has 0 atom stereocenters. The Kier molecular flexibility index (Phi) is 6.22. The number of carboxylic acids is 1. The lowest BCUT2D eigenvalue weighted by molar-refractivity contribution is -0.138. The second-order valence-corrected chi connectivity index (χ2v) is 4.16. The Morgan fingerprint density at radius 3 is 2.65 bits per heavy atom. The van der Waals surface area contributed by atoms with Crippen LogP contribution >= 0.6 is 0 Å². The van der Waals surface area contributed by atoms with Crippen molar-refractivity contribution in [1.82, 2.24) is 0 Å². The fourth-order valence-corrected chi connectivity index (χ4v) is 1.45. The van der Waals surface area contributed by atoms with Gasteiger partial charge in [0, 0.05) is 12.1 Å². The number of hydrogen-bond acceptors (Lipinski definition) is 4. The van der Waals surface area contributed by atoms with Gasteiger partial charge in [0.15, 0.2) is 0 Å². The van der Waals surface area contributed by atoms with E-state index < -0.39 is 17.8 Å². The first-order valence-electron chi connectivity index (χ1n) is 6.31. The summed E-state index contributed by atoms with van der Waals surface area (Å²) in [5.74, 6) is -1.89. The van der Waals surface area contributed by atoms with E-state index >= 15 is 0 Å². The van der Waals surface area contributed by atoms with E-state index in [1.807, 2.05) is 6.92 Å². The van der Waals surface area contributed by atoms with Crippen molar-refractivity contribution in [2.45, 2.75) is 26.2 Å². The van der Waals surface area contributed by atoms with Crippen molar-refractivity contribution in [1.29, 1.82) is 0 Å². The van der Waals surface area contributed by atoms with Gasteiger partial charge in [0.25, 0.3) is 0 Å². The highest BCUT2D eigenvalue weighted by Crippen LogP contribution is 2.12. The van der Waals surface area contributed by atoms with E-state index in [0.29, 0.717) is 17.9 Å². The van der Waals surface area contributed by atoms with E-state index in [2.05, 4.69) is 5.32 Å². The molecule has 0 saturated carbocycles. The quantitative estimate of drug-likeness (QED) is 0.745. The zero-order chi connectivity index (χ0) is 15.0. The molecule has 1 rings (SSSR count). The second kappa shape index (κ2) is 7.93. The Hall–Kier alpha value is -2.37. The van der Waals surface area contributed by atoms with E-state index in [4.69, 9.17) is 9.84 Å². The summed E-state index contributed by atoms with van der Waals surface area (Å²) in [6.07, 6.45) is 0.390. The number of carbonyl (C=O) groups excluding carboxylic acids is 2. The van der Waals surface area contributed by atoms with Gasteiger partial charge in [-0.05, 0) is 24.6 Å². The first kappa shape index (κ1) is 15.7. The SMILES string of the molecule is CCCOC(=O)c1cccc(NC(=O)CCC(=O)O)c1. The molecule has 6 nitrogen and oxygen atoms in total. The minimum Gasteiger partial charge on any atom is -0.481 e. The maximum Gasteiger partial charge on any atom is 0.338 e. The van der Waals surface area contributed by atoms with Crippen molar-refractivity contribution in [3.63, 3.8) is 0 Å². The zero-order valence-corrected chi connectivity index (χ0v) is 11.2. The van der Waals surface area contributed by atoms with E-state index in [0.717, 1.165) is 6.42 Å². The lowest BCUT2D eigenvalue weighted by Gasteiger charge is -2.07. The first-order chi connectivity index (χ1) is 9.52. The number of rotatable bonds is 7. The molecule has 1 amide bonds. The normalized spacial score (nSPS) is 9.85. The predicted molar refractivity (Wildman–Crippen MR) is 72.5 cm³/mol. The smallest absolute Gasteiger partial charge is 0.338 e. The van der Waals surface area contributed by atoms with Gasteiger partial charge in [-0.25, -0.2) is 4.79 Å². The van der Waals surface area contributed by atoms with Crippen LogP contribution in [-0.2, 0) is 14.3 Å². The summed E-state index contributed by atoms with van der Waals surface area (Å²) >= 11 is 0. The molecule has 0 aliphatic carbocycles. The number of carboxylic acid groups (broad SMARTS) is 1. The van der Waals surface area contributed by atoms with Crippen molar-refractivity contribution in [3.8, 4) is 0 Å². The maximum atomic E-state index is 11.6. The van der Waals surface area contributed by atoms with E-state index in [9.17, 15) is 14.4 Å². The molecule has 0 heterocycles. The monoisotopic (exact) mass is 279 g/mol. The molecule has 0 aromatic heterocycles. The van der Waals surface area contributed by atoms with Crippen LogP contribution in [0.3, 0.4) is 0 Å². The van der Waals surface area contributed by atoms with Gasteiger partial charge >= 0.3 is 11.9 Å². The average Bonchev–Trinajstić information content (AvgIpc) is 2.42. The third kappa shape index (κ3) is 5.51. The third-order valence-electron chi connectivity index (χ3n) is 2.39. The van der Waals surface area contributed by atoms with Gasteiger partial charge < -0.3 is 15.2 Å². The van der Waals surface area contributed by atoms with Crippen molar-refractivity contribution in [3.05, 3.63) is 29.8 Å². The zero-order valence-electron chi connectivity index (χ0n) is 11.2. The number of amides is 1. The van der Waals surface area contributed by atoms with Gasteiger partial charge in [0.05, 0.1) is 18.6 Å². The predicted octanol–water partition coefficient (Wildman–Crippen LogP) is 2.06. The highest BCUT2D eigenvalue weighted by Gasteiger charge is 2.09. The first-order valence-corrected chi connectivity index (χ1v) is 6.31. The number of hydrogen-bond donors (Lipinski definition) is 2. The molecule has 0 aliphatic heterocycles. The number of esters is 1. The Labute approximate surface area is 116 Å². The lowest BCUT2D eigenvalue weighted by Crippen LogP contribution is -2.14. The molecule has 0 saturated heterocycles. The summed E-state index contributed by atoms with van der Waals surface area (Å²) in [7, 11) is 0. The van der Waals surface area contributed by atoms with Crippen LogP contribution in [0.5, 0.6) is 0 Å². The molecule has 0 radical (unpaired) electrons. The highest BCUT2D eigenvalue weighted by atomic mass is 16.5. The van der Waals surface area contributed by atoms with E-state index in [1.54, 1.807) is 18.2 Å². The Morgan fingerprint density at radius 2 is 2.00 bits per heavy atom. The van der Waals surface area contributed by atoms with Gasteiger partial charge in [-0.1, -0.05) is 13.0 Å². The van der Waals surface area contributed by atoms with Crippen molar-refractivity contribution in [2.75, 3.05) is 11.9 Å². The summed E-state index contributed by atoms with van der Waals surface area (Å²) in [5, 5.41) is 11.0. The second-order valence-electron chi connectivity index (χ2n) is 4.16. The molecule has 6 heteroatoms. The molecule has 0 bridgehead atoms. The fraction of sp³-hybridized carbons (Fsp3) is 0.357. The number of anilines is 1. The Morgan fingerprint density at radius 1 is 1.25 bits per heavy atom. The minimum absolute atomic E-state index is 0.111. The maximum absolute atomic E-state index is 11.6. The van der Waals surface area contributed by atoms with Crippen LogP contribution in [0.1, 0.15) is 36.5 Å².